The Morgan fingerprint density at radius 1 is 1.06 bits per heavy atom. The van der Waals surface area contributed by atoms with Crippen molar-refractivity contribution in [2.45, 2.75) is 52.6 Å². The Labute approximate surface area is 189 Å². The summed E-state index contributed by atoms with van der Waals surface area (Å²) in [5, 5.41) is 8.18. The molecule has 0 radical (unpaired) electrons. The van der Waals surface area contributed by atoms with Crippen molar-refractivity contribution >= 4 is 16.9 Å². The first-order valence-electron chi connectivity index (χ1n) is 11.5. The maximum Gasteiger partial charge on any atom is 0.258 e. The molecule has 3 aromatic rings. The van der Waals surface area contributed by atoms with Gasteiger partial charge >= 0.3 is 0 Å². The van der Waals surface area contributed by atoms with Gasteiger partial charge in [0.25, 0.3) is 5.91 Å². The molecule has 170 valence electrons. The molecule has 2 aromatic heterocycles. The molecule has 1 N–H and O–H groups in total. The number of nitrogens with zero attached hydrogens (tertiary/aromatic N) is 4. The molecule has 3 heterocycles. The lowest BCUT2D eigenvalue weighted by atomic mass is 10.1. The zero-order valence-electron chi connectivity index (χ0n) is 19.4. The summed E-state index contributed by atoms with van der Waals surface area (Å²) in [6, 6.07) is 10.5. The molecule has 0 aliphatic carbocycles. The molecule has 1 saturated heterocycles. The van der Waals surface area contributed by atoms with E-state index in [-0.39, 0.29) is 12.5 Å². The summed E-state index contributed by atoms with van der Waals surface area (Å²) < 4.78 is 7.43. The van der Waals surface area contributed by atoms with E-state index in [1.807, 2.05) is 27.0 Å². The van der Waals surface area contributed by atoms with Gasteiger partial charge in [-0.05, 0) is 62.5 Å². The van der Waals surface area contributed by atoms with Crippen LogP contribution in [-0.4, -0.2) is 45.3 Å². The molecule has 1 amide bonds. The van der Waals surface area contributed by atoms with Gasteiger partial charge in [0, 0.05) is 25.8 Å². The van der Waals surface area contributed by atoms with Crippen molar-refractivity contribution in [1.29, 1.82) is 0 Å². The Hall–Kier alpha value is -2.93. The first-order chi connectivity index (χ1) is 15.5. The SMILES string of the molecule is Cc1cc(C)c2c(OCC(=O)NCc3ccc(CN4CCCCCC4)cc3)nn(C)c2n1. The lowest BCUT2D eigenvalue weighted by molar-refractivity contribution is -0.123. The number of nitrogens with one attached hydrogen (secondary N) is 1. The minimum Gasteiger partial charge on any atom is -0.466 e. The van der Waals surface area contributed by atoms with E-state index in [2.05, 4.69) is 44.6 Å². The largest absolute Gasteiger partial charge is 0.466 e. The maximum atomic E-state index is 12.3. The van der Waals surface area contributed by atoms with Gasteiger partial charge in [0.2, 0.25) is 5.88 Å². The highest BCUT2D eigenvalue weighted by Crippen LogP contribution is 2.27. The van der Waals surface area contributed by atoms with Crippen molar-refractivity contribution in [2.24, 2.45) is 7.05 Å². The number of aryl methyl sites for hydroxylation is 3. The molecular formula is C25H33N5O2. The predicted molar refractivity (Wildman–Crippen MR) is 126 cm³/mol. The van der Waals surface area contributed by atoms with Crippen molar-refractivity contribution in [3.8, 4) is 5.88 Å². The molecule has 32 heavy (non-hydrogen) atoms. The van der Waals surface area contributed by atoms with Crippen molar-refractivity contribution in [3.63, 3.8) is 0 Å². The lowest BCUT2D eigenvalue weighted by Gasteiger charge is -2.19. The van der Waals surface area contributed by atoms with Crippen LogP contribution in [0.3, 0.4) is 0 Å². The molecule has 0 unspecified atom stereocenters. The molecule has 0 spiro atoms. The predicted octanol–water partition coefficient (Wildman–Crippen LogP) is 3.66. The molecule has 4 rings (SSSR count). The second-order valence-electron chi connectivity index (χ2n) is 8.78. The smallest absolute Gasteiger partial charge is 0.258 e. The van der Waals surface area contributed by atoms with Crippen molar-refractivity contribution < 1.29 is 9.53 Å². The van der Waals surface area contributed by atoms with Gasteiger partial charge < -0.3 is 10.1 Å². The van der Waals surface area contributed by atoms with Crippen LogP contribution in [0.2, 0.25) is 0 Å². The third-order valence-corrected chi connectivity index (χ3v) is 6.04. The topological polar surface area (TPSA) is 72.3 Å². The Morgan fingerprint density at radius 3 is 2.47 bits per heavy atom. The van der Waals surface area contributed by atoms with E-state index in [1.54, 1.807) is 4.68 Å². The van der Waals surface area contributed by atoms with Crippen LogP contribution < -0.4 is 10.1 Å². The van der Waals surface area contributed by atoms with Crippen molar-refractivity contribution in [3.05, 3.63) is 52.7 Å². The van der Waals surface area contributed by atoms with Crippen LogP contribution in [0.4, 0.5) is 0 Å². The average molecular weight is 436 g/mol. The minimum atomic E-state index is -0.171. The van der Waals surface area contributed by atoms with Gasteiger partial charge in [-0.15, -0.1) is 5.10 Å². The normalized spacial score (nSPS) is 15.0. The maximum absolute atomic E-state index is 12.3. The second kappa shape index (κ2) is 10.1. The summed E-state index contributed by atoms with van der Waals surface area (Å²) in [4.78, 5) is 19.4. The summed E-state index contributed by atoms with van der Waals surface area (Å²) in [5.74, 6) is 0.274. The third kappa shape index (κ3) is 5.46. The average Bonchev–Trinajstić information content (AvgIpc) is 2.92. The molecule has 1 aliphatic heterocycles. The van der Waals surface area contributed by atoms with E-state index in [0.29, 0.717) is 12.4 Å². The summed E-state index contributed by atoms with van der Waals surface area (Å²) >= 11 is 0. The third-order valence-electron chi connectivity index (χ3n) is 6.04. The van der Waals surface area contributed by atoms with Gasteiger partial charge in [-0.25, -0.2) is 9.67 Å². The number of rotatable bonds is 7. The highest BCUT2D eigenvalue weighted by atomic mass is 16.5. The van der Waals surface area contributed by atoms with Gasteiger partial charge in [-0.3, -0.25) is 9.69 Å². The van der Waals surface area contributed by atoms with E-state index < -0.39 is 0 Å². The Morgan fingerprint density at radius 2 is 1.75 bits per heavy atom. The summed E-state index contributed by atoms with van der Waals surface area (Å²) in [6.07, 6.45) is 5.31. The van der Waals surface area contributed by atoms with Crippen molar-refractivity contribution in [1.82, 2.24) is 25.0 Å². The molecule has 7 heteroatoms. The number of carbonyl (C=O) groups is 1. The fourth-order valence-electron chi connectivity index (χ4n) is 4.35. The van der Waals surface area contributed by atoms with E-state index >= 15 is 0 Å². The second-order valence-corrected chi connectivity index (χ2v) is 8.78. The molecule has 0 bridgehead atoms. The molecule has 1 aliphatic rings. The molecule has 1 aromatic carbocycles. The van der Waals surface area contributed by atoms with E-state index in [1.165, 1.54) is 44.3 Å². The Bertz CT molecular complexity index is 1070. The van der Waals surface area contributed by atoms with Gasteiger partial charge in [0.15, 0.2) is 12.3 Å². The number of benzene rings is 1. The van der Waals surface area contributed by atoms with Crippen LogP contribution in [-0.2, 0) is 24.9 Å². The minimum absolute atomic E-state index is 0.0769. The Balaban J connectivity index is 1.28. The van der Waals surface area contributed by atoms with E-state index in [4.69, 9.17) is 4.74 Å². The van der Waals surface area contributed by atoms with E-state index in [0.717, 1.165) is 34.4 Å². The van der Waals surface area contributed by atoms with Crippen LogP contribution in [0.25, 0.3) is 11.0 Å². The fraction of sp³-hybridized carbons (Fsp3) is 0.480. The zero-order chi connectivity index (χ0) is 22.5. The molecule has 0 saturated carbocycles. The summed E-state index contributed by atoms with van der Waals surface area (Å²) in [6.45, 7) is 7.75. The zero-order valence-corrected chi connectivity index (χ0v) is 19.4. The van der Waals surface area contributed by atoms with Gasteiger partial charge in [0.1, 0.15) is 0 Å². The van der Waals surface area contributed by atoms with Gasteiger partial charge in [0.05, 0.1) is 5.39 Å². The molecule has 0 atom stereocenters. The van der Waals surface area contributed by atoms with Crippen molar-refractivity contribution in [2.75, 3.05) is 19.7 Å². The number of hydrogen-bond acceptors (Lipinski definition) is 5. The van der Waals surface area contributed by atoms with Crippen LogP contribution in [0.15, 0.2) is 30.3 Å². The first kappa shape index (κ1) is 22.3. The monoisotopic (exact) mass is 435 g/mol. The number of hydrogen-bond donors (Lipinski definition) is 1. The highest BCUT2D eigenvalue weighted by molar-refractivity contribution is 5.85. The quantitative estimate of drug-likeness (QED) is 0.613. The number of ether oxygens (including phenoxy) is 1. The molecule has 7 nitrogen and oxygen atoms in total. The van der Waals surface area contributed by atoms with E-state index in [9.17, 15) is 4.79 Å². The first-order valence-corrected chi connectivity index (χ1v) is 11.5. The number of pyridine rings is 1. The van der Waals surface area contributed by atoms with Crippen LogP contribution in [0.5, 0.6) is 5.88 Å². The lowest BCUT2D eigenvalue weighted by Crippen LogP contribution is -2.28. The molecule has 1 fully saturated rings. The number of fused-ring (bicyclic) bond motifs is 1. The van der Waals surface area contributed by atoms with Crippen LogP contribution in [0, 0.1) is 13.8 Å². The Kier molecular flexibility index (Phi) is 7.05. The summed E-state index contributed by atoms with van der Waals surface area (Å²) in [5.41, 5.74) is 5.14. The number of carbonyl (C=O) groups excluding carboxylic acids is 1. The fourth-order valence-corrected chi connectivity index (χ4v) is 4.35. The number of aromatic nitrogens is 3. The molecular weight excluding hydrogens is 402 g/mol. The van der Waals surface area contributed by atoms with Crippen LogP contribution in [0.1, 0.15) is 48.1 Å². The number of likely N-dealkylation sites (tertiary alicyclic amines) is 1. The highest BCUT2D eigenvalue weighted by Gasteiger charge is 2.15. The van der Waals surface area contributed by atoms with Gasteiger partial charge in [-0.2, -0.15) is 0 Å². The van der Waals surface area contributed by atoms with Crippen LogP contribution >= 0.6 is 0 Å². The standard InChI is InChI=1S/C25H33N5O2/c1-18-14-19(2)27-24-23(18)25(28-29(24)3)32-17-22(31)26-15-20-8-10-21(11-9-20)16-30-12-6-4-5-7-13-30/h8-11,14H,4-7,12-13,15-17H2,1-3H3,(H,26,31). The van der Waals surface area contributed by atoms with Gasteiger partial charge in [-0.1, -0.05) is 37.1 Å². The summed E-state index contributed by atoms with van der Waals surface area (Å²) in [7, 11) is 1.83. The number of amides is 1.